The lowest BCUT2D eigenvalue weighted by atomic mass is 9.76. The second-order valence-electron chi connectivity index (χ2n) is 6.46. The first-order chi connectivity index (χ1) is 10.4. The molecule has 1 aromatic carbocycles. The van der Waals surface area contributed by atoms with Gasteiger partial charge in [-0.2, -0.15) is 10.1 Å². The quantitative estimate of drug-likeness (QED) is 0.808. The molecule has 1 aliphatic rings. The van der Waals surface area contributed by atoms with Crippen LogP contribution < -0.4 is 10.7 Å². The highest BCUT2D eigenvalue weighted by atomic mass is 35.5. The molecule has 2 amide bonds. The van der Waals surface area contributed by atoms with E-state index < -0.39 is 6.03 Å². The van der Waals surface area contributed by atoms with Crippen LogP contribution in [-0.2, 0) is 0 Å². The van der Waals surface area contributed by atoms with Crippen LogP contribution in [0.4, 0.5) is 10.5 Å². The zero-order chi connectivity index (χ0) is 16.3. The zero-order valence-electron chi connectivity index (χ0n) is 13.4. The van der Waals surface area contributed by atoms with Crippen LogP contribution >= 0.6 is 11.6 Å². The van der Waals surface area contributed by atoms with Crippen LogP contribution in [0.2, 0.25) is 5.02 Å². The molecule has 2 rings (SSSR count). The van der Waals surface area contributed by atoms with Crippen molar-refractivity contribution >= 4 is 29.0 Å². The molecular weight excluding hydrogens is 298 g/mol. The molecule has 1 aromatic rings. The third-order valence-corrected chi connectivity index (χ3v) is 4.49. The average molecular weight is 322 g/mol. The first-order valence-corrected chi connectivity index (χ1v) is 8.18. The van der Waals surface area contributed by atoms with Gasteiger partial charge in [0.2, 0.25) is 0 Å². The Bertz CT molecular complexity index is 571. The van der Waals surface area contributed by atoms with E-state index >= 15 is 0 Å². The van der Waals surface area contributed by atoms with Gasteiger partial charge in [0.05, 0.1) is 5.69 Å². The number of nitrogens with zero attached hydrogens (tertiary/aromatic N) is 2. The molecule has 5 heteroatoms. The topological polar surface area (TPSA) is 58.7 Å². The molecule has 1 saturated carbocycles. The monoisotopic (exact) mass is 321 g/mol. The molecule has 120 valence electrons. The molecule has 4 nitrogen and oxygen atoms in total. The standard InChI is InChI=1S/C17H24ClN3O/c1-11(2)15-8-7-12(3)9-16(15)20-21(17(19)22)14-6-4-5-13(18)10-14/h4-6,10-12,15H,7-9H2,1-3H3,(H2,19,22)/b20-16+. The lowest BCUT2D eigenvalue weighted by Crippen LogP contribution is -2.36. The summed E-state index contributed by atoms with van der Waals surface area (Å²) in [6.45, 7) is 6.62. The Morgan fingerprint density at radius 2 is 2.14 bits per heavy atom. The molecule has 0 radical (unpaired) electrons. The molecule has 1 fully saturated rings. The molecule has 2 atom stereocenters. The maximum Gasteiger partial charge on any atom is 0.339 e. The molecule has 0 bridgehead atoms. The number of benzene rings is 1. The van der Waals surface area contributed by atoms with Gasteiger partial charge in [-0.25, -0.2) is 4.79 Å². The minimum absolute atomic E-state index is 0.400. The minimum atomic E-state index is -0.588. The van der Waals surface area contributed by atoms with Crippen LogP contribution in [0.3, 0.4) is 0 Å². The number of amides is 2. The first kappa shape index (κ1) is 16.8. The molecule has 0 heterocycles. The molecule has 0 aromatic heterocycles. The Morgan fingerprint density at radius 1 is 1.41 bits per heavy atom. The number of urea groups is 1. The fourth-order valence-corrected chi connectivity index (χ4v) is 3.23. The molecule has 2 unspecified atom stereocenters. The van der Waals surface area contributed by atoms with Gasteiger partial charge in [-0.1, -0.05) is 38.4 Å². The van der Waals surface area contributed by atoms with Crippen molar-refractivity contribution < 1.29 is 4.79 Å². The molecular formula is C17H24ClN3O. The average Bonchev–Trinajstić information content (AvgIpc) is 2.44. The van der Waals surface area contributed by atoms with E-state index in [0.717, 1.165) is 18.6 Å². The van der Waals surface area contributed by atoms with Crippen molar-refractivity contribution in [1.29, 1.82) is 0 Å². The van der Waals surface area contributed by atoms with Gasteiger partial charge < -0.3 is 5.73 Å². The number of carbonyl (C=O) groups is 1. The molecule has 0 spiro atoms. The number of nitrogens with two attached hydrogens (primary N) is 1. The third kappa shape index (κ3) is 4.01. The predicted octanol–water partition coefficient (Wildman–Crippen LogP) is 4.67. The van der Waals surface area contributed by atoms with E-state index in [1.807, 2.05) is 0 Å². The van der Waals surface area contributed by atoms with Gasteiger partial charge in [0.1, 0.15) is 0 Å². The fourth-order valence-electron chi connectivity index (χ4n) is 3.04. The number of hydrogen-bond donors (Lipinski definition) is 1. The number of rotatable bonds is 3. The van der Waals surface area contributed by atoms with Gasteiger partial charge in [0, 0.05) is 16.7 Å². The van der Waals surface area contributed by atoms with E-state index in [-0.39, 0.29) is 0 Å². The first-order valence-electron chi connectivity index (χ1n) is 7.81. The third-order valence-electron chi connectivity index (χ3n) is 4.25. The van der Waals surface area contributed by atoms with Crippen molar-refractivity contribution in [2.45, 2.75) is 40.0 Å². The summed E-state index contributed by atoms with van der Waals surface area (Å²) >= 11 is 6.01. The summed E-state index contributed by atoms with van der Waals surface area (Å²) < 4.78 is 0. The van der Waals surface area contributed by atoms with Gasteiger partial charge in [0.15, 0.2) is 0 Å². The fraction of sp³-hybridized carbons (Fsp3) is 0.529. The minimum Gasteiger partial charge on any atom is -0.350 e. The highest BCUT2D eigenvalue weighted by Gasteiger charge is 2.28. The number of halogens is 1. The van der Waals surface area contributed by atoms with Crippen molar-refractivity contribution in [2.75, 3.05) is 5.01 Å². The van der Waals surface area contributed by atoms with Crippen LogP contribution in [0.15, 0.2) is 29.4 Å². The zero-order valence-corrected chi connectivity index (χ0v) is 14.2. The van der Waals surface area contributed by atoms with Crippen molar-refractivity contribution in [3.05, 3.63) is 29.3 Å². The van der Waals surface area contributed by atoms with Gasteiger partial charge in [-0.3, -0.25) is 0 Å². The Labute approximate surface area is 137 Å². The molecule has 1 aliphatic carbocycles. The second-order valence-corrected chi connectivity index (χ2v) is 6.89. The van der Waals surface area contributed by atoms with E-state index in [1.165, 1.54) is 11.4 Å². The van der Waals surface area contributed by atoms with Crippen LogP contribution in [-0.4, -0.2) is 11.7 Å². The van der Waals surface area contributed by atoms with E-state index in [4.69, 9.17) is 17.3 Å². The molecule has 0 aliphatic heterocycles. The van der Waals surface area contributed by atoms with Crippen molar-refractivity contribution in [2.24, 2.45) is 28.6 Å². The molecule has 0 saturated heterocycles. The lowest BCUT2D eigenvalue weighted by Gasteiger charge is -2.32. The SMILES string of the molecule is CC1CCC(C(C)C)/C(=N/N(C(N)=O)c2cccc(Cl)c2)C1. The maximum absolute atomic E-state index is 11.8. The summed E-state index contributed by atoms with van der Waals surface area (Å²) in [7, 11) is 0. The highest BCUT2D eigenvalue weighted by molar-refractivity contribution is 6.30. The Balaban J connectivity index is 2.37. The highest BCUT2D eigenvalue weighted by Crippen LogP contribution is 2.32. The molecule has 22 heavy (non-hydrogen) atoms. The van der Waals surface area contributed by atoms with Crippen LogP contribution in [0.25, 0.3) is 0 Å². The number of primary amides is 1. The number of hydrazone groups is 1. The lowest BCUT2D eigenvalue weighted by molar-refractivity contribution is 0.254. The van der Waals surface area contributed by atoms with E-state index in [1.54, 1.807) is 24.3 Å². The van der Waals surface area contributed by atoms with Crippen LogP contribution in [0, 0.1) is 17.8 Å². The summed E-state index contributed by atoms with van der Waals surface area (Å²) in [6.07, 6.45) is 3.22. The summed E-state index contributed by atoms with van der Waals surface area (Å²) in [5, 5.41) is 6.45. The van der Waals surface area contributed by atoms with Crippen molar-refractivity contribution in [3.63, 3.8) is 0 Å². The molecule has 2 N–H and O–H groups in total. The summed E-state index contributed by atoms with van der Waals surface area (Å²) in [5.41, 5.74) is 7.20. The number of carbonyl (C=O) groups excluding carboxylic acids is 1. The Hall–Kier alpha value is -1.55. The van der Waals surface area contributed by atoms with E-state index in [9.17, 15) is 4.79 Å². The van der Waals surface area contributed by atoms with Crippen LogP contribution in [0.1, 0.15) is 40.0 Å². The van der Waals surface area contributed by atoms with Crippen molar-refractivity contribution in [3.8, 4) is 0 Å². The van der Waals surface area contributed by atoms with Gasteiger partial charge in [-0.15, -0.1) is 0 Å². The smallest absolute Gasteiger partial charge is 0.339 e. The van der Waals surface area contributed by atoms with Gasteiger partial charge in [-0.05, 0) is 49.3 Å². The summed E-state index contributed by atoms with van der Waals surface area (Å²) in [6, 6.07) is 6.45. The van der Waals surface area contributed by atoms with Gasteiger partial charge >= 0.3 is 6.03 Å². The van der Waals surface area contributed by atoms with E-state index in [0.29, 0.717) is 28.5 Å². The maximum atomic E-state index is 11.8. The largest absolute Gasteiger partial charge is 0.350 e. The Morgan fingerprint density at radius 3 is 2.73 bits per heavy atom. The Kier molecular flexibility index (Phi) is 5.46. The number of anilines is 1. The second kappa shape index (κ2) is 7.14. The normalized spacial score (nSPS) is 23.8. The van der Waals surface area contributed by atoms with E-state index in [2.05, 4.69) is 25.9 Å². The summed E-state index contributed by atoms with van der Waals surface area (Å²) in [4.78, 5) is 11.8. The van der Waals surface area contributed by atoms with Crippen LogP contribution in [0.5, 0.6) is 0 Å². The van der Waals surface area contributed by atoms with Crippen molar-refractivity contribution in [1.82, 2.24) is 0 Å². The van der Waals surface area contributed by atoms with Gasteiger partial charge in [0.25, 0.3) is 0 Å². The number of hydrogen-bond acceptors (Lipinski definition) is 2. The summed E-state index contributed by atoms with van der Waals surface area (Å²) in [5.74, 6) is 1.49. The predicted molar refractivity (Wildman–Crippen MR) is 92.3 cm³/mol.